The van der Waals surface area contributed by atoms with Crippen LogP contribution >= 0.6 is 0 Å². The van der Waals surface area contributed by atoms with Crippen LogP contribution in [0.2, 0.25) is 18.1 Å². The third kappa shape index (κ3) is 11.3. The lowest BCUT2D eigenvalue weighted by atomic mass is 9.89. The van der Waals surface area contributed by atoms with Crippen molar-refractivity contribution in [3.8, 4) is 5.75 Å². The highest BCUT2D eigenvalue weighted by Crippen LogP contribution is 2.41. The van der Waals surface area contributed by atoms with E-state index in [4.69, 9.17) is 13.9 Å². The van der Waals surface area contributed by atoms with E-state index in [1.807, 2.05) is 25.4 Å². The van der Waals surface area contributed by atoms with E-state index in [0.717, 1.165) is 75.4 Å². The average molecular weight is 813 g/mol. The van der Waals surface area contributed by atoms with E-state index in [1.165, 1.54) is 17.2 Å². The van der Waals surface area contributed by atoms with Gasteiger partial charge < -0.3 is 39.1 Å². The predicted octanol–water partition coefficient (Wildman–Crippen LogP) is 6.26. The molecule has 1 atom stereocenters. The fourth-order valence-corrected chi connectivity index (χ4v) is 8.95. The normalized spacial score (nSPS) is 16.8. The van der Waals surface area contributed by atoms with Crippen LogP contribution in [-0.4, -0.2) is 117 Å². The molecule has 2 aromatic heterocycles. The van der Waals surface area contributed by atoms with Crippen molar-refractivity contribution in [2.75, 3.05) is 77.6 Å². The number of carbonyl (C=O) groups excluding carboxylic acids is 1. The van der Waals surface area contributed by atoms with E-state index in [9.17, 15) is 14.7 Å². The van der Waals surface area contributed by atoms with Gasteiger partial charge >= 0.3 is 0 Å². The number of piperidine rings is 1. The number of nitrogens with zero attached hydrogens (tertiary/aromatic N) is 4. The van der Waals surface area contributed by atoms with Gasteiger partial charge in [-0.1, -0.05) is 57.2 Å². The molecule has 13 heteroatoms. The highest BCUT2D eigenvalue weighted by molar-refractivity contribution is 6.74. The van der Waals surface area contributed by atoms with Crippen LogP contribution < -0.4 is 15.8 Å². The Morgan fingerprint density at radius 2 is 1.84 bits per heavy atom. The van der Waals surface area contributed by atoms with Crippen LogP contribution in [0.1, 0.15) is 62.8 Å². The number of likely N-dealkylation sites (tertiary alicyclic amines) is 1. The van der Waals surface area contributed by atoms with Crippen molar-refractivity contribution in [3.05, 3.63) is 100.0 Å². The summed E-state index contributed by atoms with van der Waals surface area (Å²) >= 11 is 0. The lowest BCUT2D eigenvalue weighted by Gasteiger charge is -2.47. The molecule has 58 heavy (non-hydrogen) atoms. The number of phenols is 1. The molecular weight excluding hydrogens is 749 g/mol. The molecule has 3 N–H and O–H groups in total. The molecule has 0 bridgehead atoms. The number of phenolic OH excluding ortho intramolecular Hbond substituents is 1. The monoisotopic (exact) mass is 812 g/mol. The molecule has 2 saturated heterocycles. The zero-order chi connectivity index (χ0) is 41.3. The van der Waals surface area contributed by atoms with Crippen molar-refractivity contribution in [1.29, 1.82) is 0 Å². The molecule has 1 spiro atoms. The van der Waals surface area contributed by atoms with E-state index in [0.29, 0.717) is 44.8 Å². The summed E-state index contributed by atoms with van der Waals surface area (Å²) in [7, 11) is -0.373. The van der Waals surface area contributed by atoms with Crippen molar-refractivity contribution in [2.45, 2.75) is 82.8 Å². The maximum absolute atomic E-state index is 13.0. The highest BCUT2D eigenvalue weighted by Gasteiger charge is 2.41. The van der Waals surface area contributed by atoms with Gasteiger partial charge in [0.05, 0.1) is 43.5 Å². The van der Waals surface area contributed by atoms with Crippen molar-refractivity contribution < 1.29 is 23.8 Å². The molecule has 2 aliphatic heterocycles. The first-order chi connectivity index (χ1) is 27.7. The number of rotatable bonds is 17. The van der Waals surface area contributed by atoms with Gasteiger partial charge in [-0.05, 0) is 78.4 Å². The summed E-state index contributed by atoms with van der Waals surface area (Å²) in [5.41, 5.74) is 3.48. The van der Waals surface area contributed by atoms with Gasteiger partial charge in [0.15, 0.2) is 8.32 Å². The minimum absolute atomic E-state index is 0.0148. The van der Waals surface area contributed by atoms with Gasteiger partial charge in [-0.2, -0.15) is 0 Å². The number of H-pyrrole nitrogens is 1. The van der Waals surface area contributed by atoms with E-state index in [2.05, 4.69) is 95.3 Å². The van der Waals surface area contributed by atoms with Gasteiger partial charge in [0.1, 0.15) is 11.6 Å². The Morgan fingerprint density at radius 3 is 2.60 bits per heavy atom. The van der Waals surface area contributed by atoms with Gasteiger partial charge in [0, 0.05) is 77.1 Å². The standard InChI is InChI=1S/C45H64N6O6Si/c1-44(2,3)58(5,6)57-39(36-13-15-38(52)43-37(36)14-16-41(53)48-43)31-46-22-25-49(4)42(54)18-28-55-27-17-34-10-9-11-35(30-34)32-50-23-19-45(20-24-50)33-51(26-29-56-45)40-12-7-8-21-47-40/h7-16,21,30,39,46,52H,17-20,22-29,31-33H2,1-6H3,(H,48,53)/t39-/m0/s1. The maximum atomic E-state index is 13.0. The number of ether oxygens (including phenoxy) is 2. The molecule has 4 heterocycles. The molecule has 0 unspecified atom stereocenters. The van der Waals surface area contributed by atoms with Crippen LogP contribution in [0.3, 0.4) is 0 Å². The van der Waals surface area contributed by atoms with Crippen molar-refractivity contribution in [1.82, 2.24) is 25.1 Å². The number of benzene rings is 2. The van der Waals surface area contributed by atoms with E-state index in [-0.39, 0.29) is 34.0 Å². The number of carbonyl (C=O) groups is 1. The Balaban J connectivity index is 0.901. The largest absolute Gasteiger partial charge is 0.506 e. The fourth-order valence-electron chi connectivity index (χ4n) is 7.68. The molecule has 0 radical (unpaired) electrons. The zero-order valence-electron chi connectivity index (χ0n) is 35.4. The van der Waals surface area contributed by atoms with E-state index in [1.54, 1.807) is 17.0 Å². The lowest BCUT2D eigenvalue weighted by Crippen LogP contribution is -2.57. The van der Waals surface area contributed by atoms with Gasteiger partial charge in [-0.15, -0.1) is 0 Å². The van der Waals surface area contributed by atoms with Crippen molar-refractivity contribution >= 4 is 30.9 Å². The molecule has 12 nitrogen and oxygen atoms in total. The van der Waals surface area contributed by atoms with E-state index < -0.39 is 8.32 Å². The summed E-state index contributed by atoms with van der Waals surface area (Å²) in [5, 5.41) is 14.7. The van der Waals surface area contributed by atoms with Crippen LogP contribution in [0.5, 0.6) is 5.75 Å². The number of amides is 1. The Morgan fingerprint density at radius 1 is 1.05 bits per heavy atom. The Kier molecular flexibility index (Phi) is 14.5. The highest BCUT2D eigenvalue weighted by atomic mass is 28.4. The van der Waals surface area contributed by atoms with Crippen molar-refractivity contribution in [3.63, 3.8) is 0 Å². The molecule has 2 aromatic carbocycles. The number of likely N-dealkylation sites (N-methyl/N-ethyl adjacent to an activating group) is 1. The SMILES string of the molecule is CN(CCNC[C@H](O[Si](C)(C)C(C)(C)C)c1ccc(O)c2[nH]c(=O)ccc12)C(=O)CCOCCc1cccc(CN2CCC3(CC2)CN(c2ccccn2)CCO3)c1. The summed E-state index contributed by atoms with van der Waals surface area (Å²) in [5.74, 6) is 1.10. The Bertz CT molecular complexity index is 2010. The summed E-state index contributed by atoms with van der Waals surface area (Å²) in [4.78, 5) is 39.0. The predicted molar refractivity (Wildman–Crippen MR) is 233 cm³/mol. The number of morpholine rings is 1. The molecular formula is C45H64N6O6Si. The number of aromatic hydroxyl groups is 1. The number of nitrogens with one attached hydrogen (secondary N) is 2. The zero-order valence-corrected chi connectivity index (χ0v) is 36.4. The number of fused-ring (bicyclic) bond motifs is 1. The second-order valence-corrected chi connectivity index (χ2v) is 22.3. The number of aromatic nitrogens is 2. The van der Waals surface area contributed by atoms with Crippen LogP contribution in [0, 0.1) is 0 Å². The second-order valence-electron chi connectivity index (χ2n) is 17.5. The number of aromatic amines is 1. The topological polar surface area (TPSA) is 132 Å². The second kappa shape index (κ2) is 19.3. The van der Waals surface area contributed by atoms with Crippen LogP contribution in [0.15, 0.2) is 77.7 Å². The molecule has 0 aliphatic carbocycles. The first-order valence-electron chi connectivity index (χ1n) is 20.9. The minimum atomic E-state index is -2.20. The molecule has 4 aromatic rings. The van der Waals surface area contributed by atoms with Crippen molar-refractivity contribution in [2.24, 2.45) is 0 Å². The number of hydrogen-bond donors (Lipinski definition) is 3. The first kappa shape index (κ1) is 43.5. The quantitative estimate of drug-likeness (QED) is 0.0830. The summed E-state index contributed by atoms with van der Waals surface area (Å²) < 4.78 is 19.2. The average Bonchev–Trinajstić information content (AvgIpc) is 3.20. The Hall–Kier alpha value is -4.11. The van der Waals surface area contributed by atoms with Crippen LogP contribution in [0.25, 0.3) is 10.9 Å². The molecule has 1 amide bonds. The number of hydrogen-bond acceptors (Lipinski definition) is 10. The van der Waals surface area contributed by atoms with Crippen LogP contribution in [-0.2, 0) is 31.7 Å². The summed E-state index contributed by atoms with van der Waals surface area (Å²) in [6.45, 7) is 19.1. The van der Waals surface area contributed by atoms with Gasteiger partial charge in [-0.25, -0.2) is 4.98 Å². The third-order valence-electron chi connectivity index (χ3n) is 12.3. The smallest absolute Gasteiger partial charge is 0.248 e. The molecule has 0 saturated carbocycles. The third-order valence-corrected chi connectivity index (χ3v) is 16.7. The first-order valence-corrected chi connectivity index (χ1v) is 23.8. The minimum Gasteiger partial charge on any atom is -0.506 e. The van der Waals surface area contributed by atoms with Gasteiger partial charge in [0.2, 0.25) is 11.5 Å². The summed E-state index contributed by atoms with van der Waals surface area (Å²) in [6.07, 6.45) is 4.71. The number of pyridine rings is 2. The molecule has 2 aliphatic rings. The fraction of sp³-hybridized carbons (Fsp3) is 0.533. The molecule has 6 rings (SSSR count). The van der Waals surface area contributed by atoms with E-state index >= 15 is 0 Å². The molecule has 2 fully saturated rings. The maximum Gasteiger partial charge on any atom is 0.248 e. The lowest BCUT2D eigenvalue weighted by molar-refractivity contribution is -0.131. The Labute approximate surface area is 345 Å². The van der Waals surface area contributed by atoms with Crippen LogP contribution in [0.4, 0.5) is 5.82 Å². The summed E-state index contributed by atoms with van der Waals surface area (Å²) in [6, 6.07) is 21.6. The molecule has 314 valence electrons. The van der Waals surface area contributed by atoms with Gasteiger partial charge in [-0.3, -0.25) is 14.5 Å². The number of anilines is 1. The van der Waals surface area contributed by atoms with Gasteiger partial charge in [0.25, 0.3) is 0 Å².